The van der Waals surface area contributed by atoms with Gasteiger partial charge < -0.3 is 15.0 Å². The molecule has 1 aromatic carbocycles. The molecule has 0 bridgehead atoms. The second-order valence-electron chi connectivity index (χ2n) is 5.22. The van der Waals surface area contributed by atoms with Crippen LogP contribution in [0, 0.1) is 5.92 Å². The first-order valence-corrected chi connectivity index (χ1v) is 7.66. The Morgan fingerprint density at radius 2 is 2.24 bits per heavy atom. The fraction of sp³-hybridized carbons (Fsp3) is 0.467. The molecule has 2 amide bonds. The van der Waals surface area contributed by atoms with Crippen molar-refractivity contribution in [2.75, 3.05) is 25.6 Å². The standard InChI is InChI=1S/C15H19BrN2O3/c1-10(9-21-2)18-8-11(7-14(18)19)15(20)17-13-6-4-3-5-12(13)16/h3-6,10-11H,7-9H2,1-2H3,(H,17,20)/t10-,11-/m0/s1. The third kappa shape index (κ3) is 3.83. The van der Waals surface area contributed by atoms with Gasteiger partial charge in [-0.15, -0.1) is 0 Å². The highest BCUT2D eigenvalue weighted by molar-refractivity contribution is 9.10. The molecule has 0 radical (unpaired) electrons. The third-order valence-electron chi connectivity index (χ3n) is 3.60. The zero-order valence-electron chi connectivity index (χ0n) is 12.1. The molecule has 1 aliphatic rings. The molecule has 0 unspecified atom stereocenters. The number of likely N-dealkylation sites (tertiary alicyclic amines) is 1. The van der Waals surface area contributed by atoms with Crippen LogP contribution in [0.25, 0.3) is 0 Å². The number of ether oxygens (including phenoxy) is 1. The lowest BCUT2D eigenvalue weighted by molar-refractivity contribution is -0.130. The molecule has 1 aliphatic heterocycles. The fourth-order valence-corrected chi connectivity index (χ4v) is 2.85. The molecule has 0 saturated carbocycles. The van der Waals surface area contributed by atoms with Crippen LogP contribution in [0.2, 0.25) is 0 Å². The number of nitrogens with zero attached hydrogens (tertiary/aromatic N) is 1. The third-order valence-corrected chi connectivity index (χ3v) is 4.29. The molecule has 21 heavy (non-hydrogen) atoms. The molecule has 1 fully saturated rings. The number of hydrogen-bond donors (Lipinski definition) is 1. The molecule has 5 nitrogen and oxygen atoms in total. The molecule has 2 rings (SSSR count). The van der Waals surface area contributed by atoms with E-state index in [2.05, 4.69) is 21.2 Å². The van der Waals surface area contributed by atoms with Gasteiger partial charge in [-0.25, -0.2) is 0 Å². The molecule has 0 spiro atoms. The number of nitrogens with one attached hydrogen (secondary N) is 1. The minimum absolute atomic E-state index is 0.00632. The summed E-state index contributed by atoms with van der Waals surface area (Å²) in [5, 5.41) is 2.87. The van der Waals surface area contributed by atoms with Gasteiger partial charge in [0.05, 0.1) is 24.3 Å². The van der Waals surface area contributed by atoms with E-state index in [9.17, 15) is 9.59 Å². The van der Waals surface area contributed by atoms with Gasteiger partial charge in [0.2, 0.25) is 11.8 Å². The molecule has 1 saturated heterocycles. The van der Waals surface area contributed by atoms with Crippen molar-refractivity contribution in [3.63, 3.8) is 0 Å². The van der Waals surface area contributed by atoms with Gasteiger partial charge >= 0.3 is 0 Å². The molecular weight excluding hydrogens is 336 g/mol. The second-order valence-corrected chi connectivity index (χ2v) is 6.07. The van der Waals surface area contributed by atoms with Crippen molar-refractivity contribution >= 4 is 33.4 Å². The lowest BCUT2D eigenvalue weighted by atomic mass is 10.1. The highest BCUT2D eigenvalue weighted by atomic mass is 79.9. The minimum atomic E-state index is -0.316. The predicted molar refractivity (Wildman–Crippen MR) is 83.9 cm³/mol. The first-order valence-electron chi connectivity index (χ1n) is 6.86. The van der Waals surface area contributed by atoms with E-state index in [0.717, 1.165) is 10.2 Å². The molecule has 2 atom stereocenters. The van der Waals surface area contributed by atoms with Gasteiger partial charge in [0.15, 0.2) is 0 Å². The smallest absolute Gasteiger partial charge is 0.229 e. The van der Waals surface area contributed by atoms with Crippen molar-refractivity contribution in [2.24, 2.45) is 5.92 Å². The van der Waals surface area contributed by atoms with Crippen molar-refractivity contribution in [1.82, 2.24) is 4.90 Å². The molecule has 1 N–H and O–H groups in total. The first-order chi connectivity index (χ1) is 10.0. The molecule has 114 valence electrons. The maximum atomic E-state index is 12.3. The minimum Gasteiger partial charge on any atom is -0.383 e. The van der Waals surface area contributed by atoms with Crippen LogP contribution in [0.1, 0.15) is 13.3 Å². The maximum absolute atomic E-state index is 12.3. The van der Waals surface area contributed by atoms with Gasteiger partial charge in [0.1, 0.15) is 0 Å². The lowest BCUT2D eigenvalue weighted by Crippen LogP contribution is -2.38. The maximum Gasteiger partial charge on any atom is 0.229 e. The Kier molecular flexibility index (Phi) is 5.36. The summed E-state index contributed by atoms with van der Waals surface area (Å²) in [6.45, 7) is 2.85. The molecule has 1 heterocycles. The Balaban J connectivity index is 1.99. The SMILES string of the molecule is COC[C@H](C)N1C[C@@H](C(=O)Nc2ccccc2Br)CC1=O. The van der Waals surface area contributed by atoms with E-state index in [0.29, 0.717) is 13.2 Å². The summed E-state index contributed by atoms with van der Waals surface area (Å²) >= 11 is 3.39. The lowest BCUT2D eigenvalue weighted by Gasteiger charge is -2.23. The first kappa shape index (κ1) is 16.0. The summed E-state index contributed by atoms with van der Waals surface area (Å²) in [7, 11) is 1.61. The number of hydrogen-bond acceptors (Lipinski definition) is 3. The average molecular weight is 355 g/mol. The van der Waals surface area contributed by atoms with Crippen LogP contribution < -0.4 is 5.32 Å². The Hall–Kier alpha value is -1.40. The van der Waals surface area contributed by atoms with E-state index in [-0.39, 0.29) is 30.2 Å². The Bertz CT molecular complexity index is 535. The predicted octanol–water partition coefficient (Wildman–Crippen LogP) is 2.27. The zero-order valence-corrected chi connectivity index (χ0v) is 13.7. The topological polar surface area (TPSA) is 58.6 Å². The normalized spacial score (nSPS) is 19.7. The van der Waals surface area contributed by atoms with Crippen molar-refractivity contribution in [2.45, 2.75) is 19.4 Å². The van der Waals surface area contributed by atoms with Gasteiger partial charge in [-0.1, -0.05) is 12.1 Å². The molecular formula is C15H19BrN2O3. The summed E-state index contributed by atoms with van der Waals surface area (Å²) in [6, 6.07) is 7.41. The quantitative estimate of drug-likeness (QED) is 0.882. The van der Waals surface area contributed by atoms with Gasteiger partial charge in [-0.3, -0.25) is 9.59 Å². The fourth-order valence-electron chi connectivity index (χ4n) is 2.46. The van der Waals surface area contributed by atoms with Crippen LogP contribution in [0.5, 0.6) is 0 Å². The van der Waals surface area contributed by atoms with Crippen molar-refractivity contribution < 1.29 is 14.3 Å². The van der Waals surface area contributed by atoms with Crippen molar-refractivity contribution in [3.05, 3.63) is 28.7 Å². The van der Waals surface area contributed by atoms with Gasteiger partial charge in [-0.05, 0) is 35.0 Å². The summed E-state index contributed by atoms with van der Waals surface area (Å²) in [4.78, 5) is 26.0. The Morgan fingerprint density at radius 1 is 1.52 bits per heavy atom. The number of carbonyl (C=O) groups is 2. The summed E-state index contributed by atoms with van der Waals surface area (Å²) in [6.07, 6.45) is 0.254. The van der Waals surface area contributed by atoms with Gasteiger partial charge in [0, 0.05) is 24.5 Å². The van der Waals surface area contributed by atoms with Crippen LogP contribution in [-0.4, -0.2) is 43.0 Å². The molecule has 1 aromatic rings. The number of carbonyl (C=O) groups excluding carboxylic acids is 2. The number of methoxy groups -OCH3 is 1. The Morgan fingerprint density at radius 3 is 2.90 bits per heavy atom. The van der Waals surface area contributed by atoms with Crippen molar-refractivity contribution in [3.8, 4) is 0 Å². The van der Waals surface area contributed by atoms with E-state index in [4.69, 9.17) is 4.74 Å². The number of benzene rings is 1. The largest absolute Gasteiger partial charge is 0.383 e. The highest BCUT2D eigenvalue weighted by Gasteiger charge is 2.36. The molecule has 6 heteroatoms. The van der Waals surface area contributed by atoms with E-state index in [1.54, 1.807) is 12.0 Å². The number of para-hydroxylation sites is 1. The van der Waals surface area contributed by atoms with Crippen LogP contribution in [-0.2, 0) is 14.3 Å². The summed E-state index contributed by atoms with van der Waals surface area (Å²) in [5.41, 5.74) is 0.721. The summed E-state index contributed by atoms with van der Waals surface area (Å²) < 4.78 is 5.90. The molecule has 0 aromatic heterocycles. The van der Waals surface area contributed by atoms with Crippen LogP contribution in [0.15, 0.2) is 28.7 Å². The van der Waals surface area contributed by atoms with E-state index >= 15 is 0 Å². The monoisotopic (exact) mass is 354 g/mol. The van der Waals surface area contributed by atoms with E-state index in [1.165, 1.54) is 0 Å². The van der Waals surface area contributed by atoms with E-state index in [1.807, 2.05) is 31.2 Å². The van der Waals surface area contributed by atoms with E-state index < -0.39 is 0 Å². The zero-order chi connectivity index (χ0) is 15.4. The Labute approximate surface area is 132 Å². The van der Waals surface area contributed by atoms with Gasteiger partial charge in [-0.2, -0.15) is 0 Å². The number of amides is 2. The number of rotatable bonds is 5. The van der Waals surface area contributed by atoms with Crippen LogP contribution in [0.4, 0.5) is 5.69 Å². The average Bonchev–Trinajstić information content (AvgIpc) is 2.84. The van der Waals surface area contributed by atoms with Gasteiger partial charge in [0.25, 0.3) is 0 Å². The summed E-state index contributed by atoms with van der Waals surface area (Å²) in [5.74, 6) is -0.432. The number of halogens is 1. The van der Waals surface area contributed by atoms with Crippen LogP contribution >= 0.6 is 15.9 Å². The second kappa shape index (κ2) is 7.04. The molecule has 0 aliphatic carbocycles. The van der Waals surface area contributed by atoms with Crippen LogP contribution in [0.3, 0.4) is 0 Å². The van der Waals surface area contributed by atoms with Crippen molar-refractivity contribution in [1.29, 1.82) is 0 Å². The highest BCUT2D eigenvalue weighted by Crippen LogP contribution is 2.25. The number of anilines is 1.